The molecule has 5 heteroatoms. The highest BCUT2D eigenvalue weighted by molar-refractivity contribution is 7.99. The third-order valence-corrected chi connectivity index (χ3v) is 4.62. The van der Waals surface area contributed by atoms with E-state index >= 15 is 0 Å². The van der Waals surface area contributed by atoms with Gasteiger partial charge in [0.25, 0.3) is 0 Å². The van der Waals surface area contributed by atoms with Gasteiger partial charge >= 0.3 is 0 Å². The summed E-state index contributed by atoms with van der Waals surface area (Å²) >= 11 is 1.62. The number of thioether (sulfide) groups is 1. The lowest BCUT2D eigenvalue weighted by Crippen LogP contribution is -2.00. The van der Waals surface area contributed by atoms with E-state index in [0.29, 0.717) is 16.9 Å². The molecule has 0 fully saturated rings. The number of hydrogen-bond donors (Lipinski definition) is 2. The fourth-order valence-corrected chi connectivity index (χ4v) is 3.05. The van der Waals surface area contributed by atoms with Crippen LogP contribution in [0.15, 0.2) is 41.3 Å². The monoisotopic (exact) mass is 318 g/mol. The molecule has 0 aliphatic carbocycles. The summed E-state index contributed by atoms with van der Waals surface area (Å²) in [6.45, 7) is 1.98. The average Bonchev–Trinajstić information content (AvgIpc) is 2.54. The second-order valence-electron chi connectivity index (χ2n) is 4.98. The number of phenols is 2. The Bertz CT molecular complexity index is 652. The van der Waals surface area contributed by atoms with Crippen LogP contribution in [0.1, 0.15) is 28.8 Å². The maximum Gasteiger partial charge on any atom is 0.161 e. The van der Waals surface area contributed by atoms with E-state index in [1.807, 2.05) is 19.1 Å². The molecule has 0 saturated heterocycles. The Kier molecular flexibility index (Phi) is 5.33. The van der Waals surface area contributed by atoms with Gasteiger partial charge in [-0.05, 0) is 42.3 Å². The first-order valence-electron chi connectivity index (χ1n) is 6.83. The van der Waals surface area contributed by atoms with Gasteiger partial charge in [0.15, 0.2) is 11.5 Å². The van der Waals surface area contributed by atoms with Crippen molar-refractivity contribution >= 4 is 18.0 Å². The number of aldehydes is 1. The van der Waals surface area contributed by atoms with Crippen molar-refractivity contribution in [2.75, 3.05) is 12.9 Å². The lowest BCUT2D eigenvalue weighted by atomic mass is 9.99. The number of methoxy groups -OCH3 is 1. The van der Waals surface area contributed by atoms with Crippen LogP contribution in [0, 0.1) is 0 Å². The zero-order valence-corrected chi connectivity index (χ0v) is 13.3. The molecule has 2 rings (SSSR count). The van der Waals surface area contributed by atoms with Crippen LogP contribution in [-0.4, -0.2) is 29.4 Å². The summed E-state index contributed by atoms with van der Waals surface area (Å²) in [6.07, 6.45) is 0.741. The van der Waals surface area contributed by atoms with Gasteiger partial charge in [-0.15, -0.1) is 11.8 Å². The first kappa shape index (κ1) is 16.2. The van der Waals surface area contributed by atoms with E-state index in [1.54, 1.807) is 30.0 Å². The molecule has 0 radical (unpaired) electrons. The van der Waals surface area contributed by atoms with Gasteiger partial charge in [-0.1, -0.05) is 6.92 Å². The van der Waals surface area contributed by atoms with Crippen LogP contribution in [-0.2, 0) is 0 Å². The van der Waals surface area contributed by atoms with Crippen molar-refractivity contribution in [3.8, 4) is 17.2 Å². The first-order chi connectivity index (χ1) is 10.5. The Labute approximate surface area is 133 Å². The smallest absolute Gasteiger partial charge is 0.161 e. The Balaban J connectivity index is 2.16. The second-order valence-corrected chi connectivity index (χ2v) is 6.08. The third-order valence-electron chi connectivity index (χ3n) is 3.35. The predicted molar refractivity (Wildman–Crippen MR) is 87.3 cm³/mol. The molecule has 1 atom stereocenters. The summed E-state index contributed by atoms with van der Waals surface area (Å²) in [4.78, 5) is 12.0. The molecule has 2 aromatic rings. The topological polar surface area (TPSA) is 66.8 Å². The number of benzene rings is 2. The van der Waals surface area contributed by atoms with Crippen LogP contribution in [0.2, 0.25) is 0 Å². The number of carbonyl (C=O) groups is 1. The van der Waals surface area contributed by atoms with Crippen LogP contribution >= 0.6 is 11.8 Å². The predicted octanol–water partition coefficient (Wildman–Crippen LogP) is 3.81. The van der Waals surface area contributed by atoms with E-state index in [1.165, 1.54) is 13.2 Å². The van der Waals surface area contributed by atoms with E-state index in [4.69, 9.17) is 4.74 Å². The van der Waals surface area contributed by atoms with E-state index in [0.717, 1.165) is 16.9 Å². The quantitative estimate of drug-likeness (QED) is 0.626. The molecule has 22 heavy (non-hydrogen) atoms. The highest BCUT2D eigenvalue weighted by Gasteiger charge is 2.16. The number of carbonyl (C=O) groups excluding carboxylic acids is 1. The number of hydrogen-bond acceptors (Lipinski definition) is 5. The maximum absolute atomic E-state index is 11.0. The van der Waals surface area contributed by atoms with Crippen LogP contribution in [0.3, 0.4) is 0 Å². The van der Waals surface area contributed by atoms with Crippen LogP contribution < -0.4 is 4.74 Å². The van der Waals surface area contributed by atoms with Crippen molar-refractivity contribution < 1.29 is 19.7 Å². The van der Waals surface area contributed by atoms with Crippen LogP contribution in [0.25, 0.3) is 0 Å². The minimum Gasteiger partial charge on any atom is -0.508 e. The minimum absolute atomic E-state index is 0.0348. The largest absolute Gasteiger partial charge is 0.508 e. The van der Waals surface area contributed by atoms with E-state index < -0.39 is 0 Å². The van der Waals surface area contributed by atoms with Crippen molar-refractivity contribution in [1.29, 1.82) is 0 Å². The van der Waals surface area contributed by atoms with Crippen molar-refractivity contribution in [3.05, 3.63) is 47.5 Å². The molecule has 0 bridgehead atoms. The molecule has 4 nitrogen and oxygen atoms in total. The summed E-state index contributed by atoms with van der Waals surface area (Å²) in [6, 6.07) is 10.2. The molecular formula is C17H18O4S. The number of rotatable bonds is 6. The van der Waals surface area contributed by atoms with Gasteiger partial charge in [0.05, 0.1) is 7.11 Å². The molecule has 116 valence electrons. The van der Waals surface area contributed by atoms with Gasteiger partial charge < -0.3 is 14.9 Å². The number of phenolic OH excluding ortho intramolecular Hbond substituents is 2. The van der Waals surface area contributed by atoms with Gasteiger partial charge in [0, 0.05) is 21.8 Å². The molecule has 2 aromatic carbocycles. The van der Waals surface area contributed by atoms with Crippen molar-refractivity contribution in [2.45, 2.75) is 17.7 Å². The van der Waals surface area contributed by atoms with Crippen LogP contribution in [0.5, 0.6) is 17.2 Å². The molecular weight excluding hydrogens is 300 g/mol. The average molecular weight is 318 g/mol. The van der Waals surface area contributed by atoms with Gasteiger partial charge in [-0.3, -0.25) is 4.79 Å². The zero-order valence-electron chi connectivity index (χ0n) is 12.4. The van der Waals surface area contributed by atoms with Gasteiger partial charge in [-0.2, -0.15) is 0 Å². The van der Waals surface area contributed by atoms with Gasteiger partial charge in [-0.25, -0.2) is 0 Å². The lowest BCUT2D eigenvalue weighted by Gasteiger charge is -2.16. The van der Waals surface area contributed by atoms with Crippen molar-refractivity contribution in [2.24, 2.45) is 0 Å². The number of aromatic hydroxyl groups is 2. The van der Waals surface area contributed by atoms with Crippen LogP contribution in [0.4, 0.5) is 0 Å². The normalized spacial score (nSPS) is 11.9. The molecule has 0 heterocycles. The van der Waals surface area contributed by atoms with Gasteiger partial charge in [0.2, 0.25) is 0 Å². The Morgan fingerprint density at radius 1 is 1.23 bits per heavy atom. The fourth-order valence-electron chi connectivity index (χ4n) is 2.10. The first-order valence-corrected chi connectivity index (χ1v) is 7.81. The molecule has 0 saturated carbocycles. The standard InChI is InChI=1S/C17H18O4S/c1-11(10-22-14-5-3-13(19)4-6-14)15-7-12(9-18)8-16(21-2)17(15)20/h3-9,11,19-20H,10H2,1-2H3. The maximum atomic E-state index is 11.0. The van der Waals surface area contributed by atoms with Gasteiger partial charge in [0.1, 0.15) is 12.0 Å². The molecule has 2 N–H and O–H groups in total. The fraction of sp³-hybridized carbons (Fsp3) is 0.235. The summed E-state index contributed by atoms with van der Waals surface area (Å²) in [7, 11) is 1.46. The third kappa shape index (κ3) is 3.74. The SMILES string of the molecule is COc1cc(C=O)cc(C(C)CSc2ccc(O)cc2)c1O. The number of ether oxygens (including phenoxy) is 1. The second kappa shape index (κ2) is 7.22. The van der Waals surface area contributed by atoms with E-state index in [9.17, 15) is 15.0 Å². The van der Waals surface area contributed by atoms with E-state index in [-0.39, 0.29) is 17.4 Å². The summed E-state index contributed by atoms with van der Waals surface area (Å²) in [5.41, 5.74) is 1.17. The molecule has 0 amide bonds. The highest BCUT2D eigenvalue weighted by Crippen LogP contribution is 2.37. The summed E-state index contributed by atoms with van der Waals surface area (Å²) in [5, 5.41) is 19.5. The molecule has 0 spiro atoms. The highest BCUT2D eigenvalue weighted by atomic mass is 32.2. The molecule has 0 aliphatic rings. The summed E-state index contributed by atoms with van der Waals surface area (Å²) < 4.78 is 5.11. The summed E-state index contributed by atoms with van der Waals surface area (Å²) in [5.74, 6) is 1.38. The molecule has 0 aliphatic heterocycles. The van der Waals surface area contributed by atoms with E-state index in [2.05, 4.69) is 0 Å². The minimum atomic E-state index is 0.0348. The Morgan fingerprint density at radius 2 is 1.91 bits per heavy atom. The molecule has 0 aromatic heterocycles. The van der Waals surface area contributed by atoms with Crippen molar-refractivity contribution in [1.82, 2.24) is 0 Å². The Morgan fingerprint density at radius 3 is 2.50 bits per heavy atom. The Hall–Kier alpha value is -2.14. The zero-order chi connectivity index (χ0) is 16.1. The van der Waals surface area contributed by atoms with Crippen molar-refractivity contribution in [3.63, 3.8) is 0 Å². The molecule has 1 unspecified atom stereocenters. The lowest BCUT2D eigenvalue weighted by molar-refractivity contribution is 0.112.